The molecular weight excluding hydrogens is 266 g/mol. The van der Waals surface area contributed by atoms with Gasteiger partial charge in [-0.15, -0.1) is 0 Å². The number of rotatable bonds is 3. The van der Waals surface area contributed by atoms with E-state index in [1.807, 2.05) is 51.1 Å². The van der Waals surface area contributed by atoms with Crippen molar-refractivity contribution in [2.75, 3.05) is 7.11 Å². The van der Waals surface area contributed by atoms with E-state index < -0.39 is 0 Å². The zero-order valence-electron chi connectivity index (χ0n) is 13.1. The molecule has 2 aromatic rings. The van der Waals surface area contributed by atoms with Gasteiger partial charge in [0, 0.05) is 5.41 Å². The van der Waals surface area contributed by atoms with Crippen molar-refractivity contribution in [1.82, 2.24) is 9.78 Å². The normalized spacial score (nSPS) is 12.5. The molecule has 0 aliphatic rings. The van der Waals surface area contributed by atoms with Crippen molar-refractivity contribution in [1.29, 1.82) is 0 Å². The van der Waals surface area contributed by atoms with Crippen molar-refractivity contribution in [3.05, 3.63) is 41.6 Å². The van der Waals surface area contributed by atoms with E-state index in [1.54, 1.807) is 6.92 Å². The largest absolute Gasteiger partial charge is 0.493 e. The SMILES string of the molecule is CO/N=C(\C)c1c(C(C)(C)C)nn(-c2ccccc2)c1O. The van der Waals surface area contributed by atoms with E-state index in [9.17, 15) is 5.11 Å². The zero-order chi connectivity index (χ0) is 15.6. The second-order valence-corrected chi connectivity index (χ2v) is 5.90. The van der Waals surface area contributed by atoms with Gasteiger partial charge in [-0.2, -0.15) is 5.10 Å². The van der Waals surface area contributed by atoms with Gasteiger partial charge in [0.15, 0.2) is 0 Å². The zero-order valence-corrected chi connectivity index (χ0v) is 13.1. The topological polar surface area (TPSA) is 59.6 Å². The fraction of sp³-hybridized carbons (Fsp3) is 0.375. The van der Waals surface area contributed by atoms with E-state index >= 15 is 0 Å². The number of hydrogen-bond acceptors (Lipinski definition) is 4. The number of hydrogen-bond donors (Lipinski definition) is 1. The average Bonchev–Trinajstić information content (AvgIpc) is 2.78. The predicted molar refractivity (Wildman–Crippen MR) is 83.1 cm³/mol. The lowest BCUT2D eigenvalue weighted by Crippen LogP contribution is -2.16. The van der Waals surface area contributed by atoms with Crippen LogP contribution in [0.2, 0.25) is 0 Å². The highest BCUT2D eigenvalue weighted by Gasteiger charge is 2.29. The van der Waals surface area contributed by atoms with Gasteiger partial charge in [0.1, 0.15) is 7.11 Å². The summed E-state index contributed by atoms with van der Waals surface area (Å²) in [5.74, 6) is 0.0735. The van der Waals surface area contributed by atoms with Crippen molar-refractivity contribution in [2.24, 2.45) is 5.16 Å². The number of aromatic hydroxyl groups is 1. The lowest BCUT2D eigenvalue weighted by atomic mass is 9.88. The van der Waals surface area contributed by atoms with Crippen LogP contribution >= 0.6 is 0 Å². The highest BCUT2D eigenvalue weighted by molar-refractivity contribution is 6.01. The van der Waals surface area contributed by atoms with Crippen LogP contribution in [0, 0.1) is 0 Å². The van der Waals surface area contributed by atoms with Gasteiger partial charge >= 0.3 is 0 Å². The van der Waals surface area contributed by atoms with E-state index in [1.165, 1.54) is 11.8 Å². The minimum atomic E-state index is -0.225. The van der Waals surface area contributed by atoms with Gasteiger partial charge in [0.05, 0.1) is 22.7 Å². The van der Waals surface area contributed by atoms with Gasteiger partial charge in [0.2, 0.25) is 5.88 Å². The maximum Gasteiger partial charge on any atom is 0.223 e. The minimum Gasteiger partial charge on any atom is -0.493 e. The molecule has 0 atom stereocenters. The fourth-order valence-electron chi connectivity index (χ4n) is 2.20. The Kier molecular flexibility index (Phi) is 4.02. The fourth-order valence-corrected chi connectivity index (χ4v) is 2.20. The molecule has 1 N–H and O–H groups in total. The molecule has 1 aromatic carbocycles. The minimum absolute atomic E-state index is 0.0735. The Morgan fingerprint density at radius 3 is 2.38 bits per heavy atom. The summed E-state index contributed by atoms with van der Waals surface area (Å²) in [7, 11) is 1.49. The summed E-state index contributed by atoms with van der Waals surface area (Å²) < 4.78 is 1.53. The number of oxime groups is 1. The number of para-hydroxylation sites is 1. The smallest absolute Gasteiger partial charge is 0.223 e. The first-order valence-corrected chi connectivity index (χ1v) is 6.82. The molecule has 0 amide bonds. The Balaban J connectivity index is 2.69. The van der Waals surface area contributed by atoms with Gasteiger partial charge in [-0.25, -0.2) is 4.68 Å². The summed E-state index contributed by atoms with van der Waals surface area (Å²) in [5.41, 5.74) is 2.58. The molecule has 1 heterocycles. The quantitative estimate of drug-likeness (QED) is 0.696. The second kappa shape index (κ2) is 5.60. The summed E-state index contributed by atoms with van der Waals surface area (Å²) in [6.45, 7) is 7.94. The molecule has 112 valence electrons. The molecule has 21 heavy (non-hydrogen) atoms. The molecule has 0 aliphatic carbocycles. The Morgan fingerprint density at radius 1 is 1.24 bits per heavy atom. The second-order valence-electron chi connectivity index (χ2n) is 5.90. The summed E-state index contributed by atoms with van der Waals surface area (Å²) in [6, 6.07) is 9.52. The molecule has 5 heteroatoms. The van der Waals surface area contributed by atoms with Gasteiger partial charge in [0.25, 0.3) is 0 Å². The Hall–Kier alpha value is -2.30. The molecule has 0 unspecified atom stereocenters. The van der Waals surface area contributed by atoms with Gasteiger partial charge in [-0.3, -0.25) is 0 Å². The van der Waals surface area contributed by atoms with Crippen LogP contribution in [0.4, 0.5) is 0 Å². The number of nitrogens with zero attached hydrogens (tertiary/aromatic N) is 3. The van der Waals surface area contributed by atoms with Crippen molar-refractivity contribution in [3.63, 3.8) is 0 Å². The number of aromatic nitrogens is 2. The molecular formula is C16H21N3O2. The van der Waals surface area contributed by atoms with E-state index in [0.29, 0.717) is 11.3 Å². The van der Waals surface area contributed by atoms with Crippen LogP contribution < -0.4 is 0 Å². The summed E-state index contributed by atoms with van der Waals surface area (Å²) in [4.78, 5) is 4.84. The maximum atomic E-state index is 10.6. The lowest BCUT2D eigenvalue weighted by Gasteiger charge is -2.16. The molecule has 0 radical (unpaired) electrons. The Bertz CT molecular complexity index is 652. The predicted octanol–water partition coefficient (Wildman–Crippen LogP) is 3.25. The van der Waals surface area contributed by atoms with Gasteiger partial charge < -0.3 is 9.94 Å². The van der Waals surface area contributed by atoms with Crippen molar-refractivity contribution >= 4 is 5.71 Å². The molecule has 0 saturated heterocycles. The molecule has 0 bridgehead atoms. The monoisotopic (exact) mass is 287 g/mol. The molecule has 2 rings (SSSR count). The first-order valence-electron chi connectivity index (χ1n) is 6.82. The Morgan fingerprint density at radius 2 is 1.86 bits per heavy atom. The number of benzene rings is 1. The molecule has 1 aromatic heterocycles. The first-order chi connectivity index (χ1) is 9.86. The van der Waals surface area contributed by atoms with Crippen LogP contribution in [-0.2, 0) is 10.3 Å². The van der Waals surface area contributed by atoms with E-state index in [2.05, 4.69) is 10.3 Å². The van der Waals surface area contributed by atoms with Crippen LogP contribution in [0.3, 0.4) is 0 Å². The van der Waals surface area contributed by atoms with Crippen LogP contribution in [0.25, 0.3) is 5.69 Å². The molecule has 5 nitrogen and oxygen atoms in total. The summed E-state index contributed by atoms with van der Waals surface area (Å²) in [5, 5.41) is 19.1. The molecule has 0 aliphatic heterocycles. The third-order valence-corrected chi connectivity index (χ3v) is 3.16. The van der Waals surface area contributed by atoms with Crippen LogP contribution in [0.5, 0.6) is 5.88 Å². The van der Waals surface area contributed by atoms with Gasteiger partial charge in [-0.1, -0.05) is 44.1 Å². The molecule has 0 spiro atoms. The third kappa shape index (κ3) is 2.91. The first kappa shape index (κ1) is 15.1. The third-order valence-electron chi connectivity index (χ3n) is 3.16. The summed E-state index contributed by atoms with van der Waals surface area (Å²) in [6.07, 6.45) is 0. The molecule has 0 fully saturated rings. The van der Waals surface area contributed by atoms with E-state index in [-0.39, 0.29) is 11.3 Å². The van der Waals surface area contributed by atoms with Crippen LogP contribution in [-0.4, -0.2) is 27.7 Å². The maximum absolute atomic E-state index is 10.6. The highest BCUT2D eigenvalue weighted by atomic mass is 16.6. The van der Waals surface area contributed by atoms with Gasteiger partial charge in [-0.05, 0) is 19.1 Å². The summed E-state index contributed by atoms with van der Waals surface area (Å²) >= 11 is 0. The van der Waals surface area contributed by atoms with Crippen molar-refractivity contribution in [3.8, 4) is 11.6 Å². The van der Waals surface area contributed by atoms with Crippen molar-refractivity contribution < 1.29 is 9.94 Å². The lowest BCUT2D eigenvalue weighted by molar-refractivity contribution is 0.213. The highest BCUT2D eigenvalue weighted by Crippen LogP contribution is 2.33. The standard InChI is InChI=1S/C16H21N3O2/c1-11(18-21-5)13-14(16(2,3)4)17-19(15(13)20)12-9-7-6-8-10-12/h6-10,20H,1-5H3/b18-11+. The van der Waals surface area contributed by atoms with E-state index in [0.717, 1.165) is 11.4 Å². The Labute approximate surface area is 124 Å². The van der Waals surface area contributed by atoms with Crippen LogP contribution in [0.1, 0.15) is 39.0 Å². The molecule has 0 saturated carbocycles. The van der Waals surface area contributed by atoms with E-state index in [4.69, 9.17) is 4.84 Å². The average molecular weight is 287 g/mol. The van der Waals surface area contributed by atoms with Crippen LogP contribution in [0.15, 0.2) is 35.5 Å². The van der Waals surface area contributed by atoms with Crippen molar-refractivity contribution in [2.45, 2.75) is 33.1 Å².